The Balaban J connectivity index is 1.38. The fraction of sp³-hybridized carbons (Fsp3) is 0.645. The zero-order valence-corrected chi connectivity index (χ0v) is 28.7. The number of aromatic nitrogens is 1. The van der Waals surface area contributed by atoms with Gasteiger partial charge in [-0.15, -0.1) is 6.58 Å². The van der Waals surface area contributed by atoms with Gasteiger partial charge in [-0.1, -0.05) is 26.8 Å². The Morgan fingerprint density at radius 1 is 1.15 bits per heavy atom. The average molecular weight is 725 g/mol. The van der Waals surface area contributed by atoms with Crippen LogP contribution in [-0.4, -0.2) is 83.7 Å². The van der Waals surface area contributed by atoms with Crippen LogP contribution in [0.2, 0.25) is 0 Å². The maximum absolute atomic E-state index is 14.3. The quantitative estimate of drug-likeness (QED) is 0.229. The van der Waals surface area contributed by atoms with E-state index in [0.29, 0.717) is 23.2 Å². The molecule has 0 radical (unpaired) electrons. The summed E-state index contributed by atoms with van der Waals surface area (Å²) in [5.41, 5.74) is -2.28. The number of amides is 4. The Kier molecular flexibility index (Phi) is 9.74. The molecule has 1 aliphatic heterocycles. The van der Waals surface area contributed by atoms with E-state index in [4.69, 9.17) is 9.47 Å². The van der Waals surface area contributed by atoms with E-state index >= 15 is 0 Å². The van der Waals surface area contributed by atoms with Gasteiger partial charge in [0.25, 0.3) is 5.91 Å². The van der Waals surface area contributed by atoms with Crippen molar-refractivity contribution in [2.75, 3.05) is 6.54 Å². The molecule has 4 fully saturated rings. The van der Waals surface area contributed by atoms with Crippen LogP contribution in [0.25, 0.3) is 0 Å². The van der Waals surface area contributed by atoms with E-state index in [9.17, 15) is 27.6 Å². The molecule has 5 rings (SSSR count). The Morgan fingerprint density at radius 3 is 2.43 bits per heavy atom. The number of sulfonamides is 1. The number of halogens is 1. The third kappa shape index (κ3) is 7.67. The maximum atomic E-state index is 14.3. The Bertz CT molecular complexity index is 1490. The molecular formula is C31H42BrN5O8S. The first-order valence-corrected chi connectivity index (χ1v) is 18.0. The predicted molar refractivity (Wildman–Crippen MR) is 171 cm³/mol. The lowest BCUT2D eigenvalue weighted by Gasteiger charge is -2.35. The molecule has 3 aliphatic carbocycles. The Morgan fingerprint density at radius 2 is 1.85 bits per heavy atom. The number of alkyl carbamates (subject to hydrolysis) is 1. The molecule has 4 aliphatic rings. The maximum Gasteiger partial charge on any atom is 0.408 e. The molecule has 46 heavy (non-hydrogen) atoms. The van der Waals surface area contributed by atoms with Crippen LogP contribution < -0.4 is 20.1 Å². The molecule has 0 unspecified atom stereocenters. The van der Waals surface area contributed by atoms with Gasteiger partial charge in [-0.2, -0.15) is 0 Å². The van der Waals surface area contributed by atoms with Crippen LogP contribution in [0.3, 0.4) is 0 Å². The summed E-state index contributed by atoms with van der Waals surface area (Å²) in [5, 5.41) is 4.89. The van der Waals surface area contributed by atoms with Gasteiger partial charge in [0.1, 0.15) is 40.2 Å². The van der Waals surface area contributed by atoms with Crippen LogP contribution in [0.15, 0.2) is 35.6 Å². The standard InChI is InChI=1S/C31H42BrN5O8S/c1-5-18-16-31(18,28(40)36-46(42,43)22-10-11-22)35-26(38)23-14-21(44-20-12-13-33-24(32)15-20)17-37(23)27(39)25(30(2,3)4)34-29(41)45-19-8-6-7-9-19/h5,12-13,15,18-19,21-23,25H,1,6-11,14,16-17H2,2-4H3,(H,34,41)(H,35,38)(H,36,40)/t18-,21-,23+,25-,31-/m1/s1. The molecule has 1 aromatic rings. The number of carbonyl (C=O) groups excluding carboxylic acids is 4. The van der Waals surface area contributed by atoms with Gasteiger partial charge in [0, 0.05) is 24.6 Å². The highest BCUT2D eigenvalue weighted by Gasteiger charge is 2.62. The van der Waals surface area contributed by atoms with E-state index in [-0.39, 0.29) is 25.5 Å². The summed E-state index contributed by atoms with van der Waals surface area (Å²) < 4.78 is 39.6. The summed E-state index contributed by atoms with van der Waals surface area (Å²) in [7, 11) is -3.87. The molecule has 15 heteroatoms. The van der Waals surface area contributed by atoms with Gasteiger partial charge in [-0.05, 0) is 72.4 Å². The lowest BCUT2D eigenvalue weighted by atomic mass is 9.85. The summed E-state index contributed by atoms with van der Waals surface area (Å²) in [4.78, 5) is 60.0. The number of nitrogens with one attached hydrogen (secondary N) is 3. The molecule has 3 N–H and O–H groups in total. The van der Waals surface area contributed by atoms with Crippen LogP contribution in [0.4, 0.5) is 4.79 Å². The zero-order chi connectivity index (χ0) is 33.4. The van der Waals surface area contributed by atoms with E-state index in [1.165, 1.54) is 11.0 Å². The number of carbonyl (C=O) groups is 4. The van der Waals surface area contributed by atoms with Gasteiger partial charge in [0.05, 0.1) is 11.8 Å². The molecule has 0 spiro atoms. The highest BCUT2D eigenvalue weighted by molar-refractivity contribution is 9.10. The third-order valence-electron chi connectivity index (χ3n) is 9.05. The SMILES string of the molecule is C=C[C@@H]1C[C@]1(NC(=O)[C@@H]1C[C@@H](Oc2ccnc(Br)c2)CN1C(=O)[C@@H](NC(=O)OC1CCCC1)C(C)(C)C)C(=O)NS(=O)(=O)C1CC1. The van der Waals surface area contributed by atoms with E-state index in [1.807, 2.05) is 0 Å². The second-order valence-electron chi connectivity index (χ2n) is 13.7. The van der Waals surface area contributed by atoms with Gasteiger partial charge < -0.3 is 25.0 Å². The van der Waals surface area contributed by atoms with E-state index in [1.54, 1.807) is 39.1 Å². The van der Waals surface area contributed by atoms with Gasteiger partial charge in [-0.3, -0.25) is 19.1 Å². The van der Waals surface area contributed by atoms with Crippen molar-refractivity contribution in [1.29, 1.82) is 0 Å². The summed E-state index contributed by atoms with van der Waals surface area (Å²) in [6.45, 7) is 9.17. The van der Waals surface area contributed by atoms with Crippen molar-refractivity contribution < 1.29 is 37.1 Å². The number of rotatable bonds is 11. The van der Waals surface area contributed by atoms with Crippen molar-refractivity contribution in [3.63, 3.8) is 0 Å². The topological polar surface area (TPSA) is 173 Å². The van der Waals surface area contributed by atoms with Crippen molar-refractivity contribution in [3.05, 3.63) is 35.6 Å². The van der Waals surface area contributed by atoms with E-state index in [2.05, 4.69) is 42.8 Å². The minimum Gasteiger partial charge on any atom is -0.488 e. The monoisotopic (exact) mass is 723 g/mol. The van der Waals surface area contributed by atoms with Crippen LogP contribution in [0.1, 0.15) is 72.1 Å². The van der Waals surface area contributed by atoms with Gasteiger partial charge in [0.2, 0.25) is 21.8 Å². The number of likely N-dealkylation sites (tertiary alicyclic amines) is 1. The largest absolute Gasteiger partial charge is 0.488 e. The number of ether oxygens (including phenoxy) is 2. The zero-order valence-electron chi connectivity index (χ0n) is 26.3. The predicted octanol–water partition coefficient (Wildman–Crippen LogP) is 2.95. The second kappa shape index (κ2) is 13.1. The number of nitrogens with zero attached hydrogens (tertiary/aromatic N) is 2. The first kappa shape index (κ1) is 34.1. The van der Waals surface area contributed by atoms with Crippen molar-refractivity contribution in [1.82, 2.24) is 25.2 Å². The van der Waals surface area contributed by atoms with Crippen molar-refractivity contribution in [2.45, 2.75) is 107 Å². The molecule has 2 heterocycles. The van der Waals surface area contributed by atoms with Crippen LogP contribution in [0.5, 0.6) is 5.75 Å². The first-order valence-electron chi connectivity index (χ1n) is 15.7. The molecule has 252 valence electrons. The number of hydrogen-bond donors (Lipinski definition) is 3. The van der Waals surface area contributed by atoms with Crippen molar-refractivity contribution in [2.24, 2.45) is 11.3 Å². The second-order valence-corrected chi connectivity index (χ2v) is 16.5. The van der Waals surface area contributed by atoms with Crippen LogP contribution >= 0.6 is 15.9 Å². The molecular weight excluding hydrogens is 682 g/mol. The van der Waals surface area contributed by atoms with E-state index in [0.717, 1.165) is 25.7 Å². The van der Waals surface area contributed by atoms with Crippen LogP contribution in [-0.2, 0) is 29.1 Å². The van der Waals surface area contributed by atoms with Crippen LogP contribution in [0, 0.1) is 11.3 Å². The number of pyridine rings is 1. The summed E-state index contributed by atoms with van der Waals surface area (Å²) in [6, 6.07) is 1.18. The molecule has 13 nitrogen and oxygen atoms in total. The Labute approximate surface area is 277 Å². The fourth-order valence-electron chi connectivity index (χ4n) is 6.17. The first-order chi connectivity index (χ1) is 21.6. The molecule has 1 saturated heterocycles. The van der Waals surface area contributed by atoms with Crippen molar-refractivity contribution in [3.8, 4) is 5.75 Å². The molecule has 4 amide bonds. The average Bonchev–Trinajstić information content (AvgIpc) is 3.85. The lowest BCUT2D eigenvalue weighted by Crippen LogP contribution is -2.60. The molecule has 0 aromatic carbocycles. The molecule has 0 bridgehead atoms. The molecule has 3 saturated carbocycles. The van der Waals surface area contributed by atoms with Crippen molar-refractivity contribution >= 4 is 49.8 Å². The normalized spacial score (nSPS) is 27.0. The number of hydrogen-bond acceptors (Lipinski definition) is 9. The van der Waals surface area contributed by atoms with E-state index < -0.39 is 74.1 Å². The summed E-state index contributed by atoms with van der Waals surface area (Å²) in [6.07, 6.45) is 6.20. The smallest absolute Gasteiger partial charge is 0.408 e. The minimum absolute atomic E-state index is 0.0168. The fourth-order valence-corrected chi connectivity index (χ4v) is 7.88. The Hall–Kier alpha value is -3.20. The molecule has 5 atom stereocenters. The van der Waals surface area contributed by atoms with Gasteiger partial charge in [0.15, 0.2) is 0 Å². The third-order valence-corrected chi connectivity index (χ3v) is 11.3. The highest BCUT2D eigenvalue weighted by Crippen LogP contribution is 2.45. The minimum atomic E-state index is -3.87. The van der Waals surface area contributed by atoms with Gasteiger partial charge in [-0.25, -0.2) is 18.2 Å². The summed E-state index contributed by atoms with van der Waals surface area (Å²) in [5.74, 6) is -2.00. The van der Waals surface area contributed by atoms with Gasteiger partial charge >= 0.3 is 6.09 Å². The summed E-state index contributed by atoms with van der Waals surface area (Å²) >= 11 is 3.32. The molecule has 1 aromatic heterocycles. The lowest BCUT2D eigenvalue weighted by molar-refractivity contribution is -0.143. The highest BCUT2D eigenvalue weighted by atomic mass is 79.9.